The maximum atomic E-state index is 13.9. The number of rotatable bonds is 8. The van der Waals surface area contributed by atoms with E-state index in [1.54, 1.807) is 38.1 Å². The molecule has 0 saturated heterocycles. The van der Waals surface area contributed by atoms with Gasteiger partial charge in [-0.2, -0.15) is 0 Å². The fraction of sp³-hybridized carbons (Fsp3) is 0.258. The molecule has 1 atom stereocenters. The molecule has 2 aromatic carbocycles. The van der Waals surface area contributed by atoms with E-state index in [1.165, 1.54) is 35.1 Å². The van der Waals surface area contributed by atoms with Gasteiger partial charge in [0, 0.05) is 12.1 Å². The lowest BCUT2D eigenvalue weighted by molar-refractivity contribution is -0.384. The monoisotopic (exact) mass is 587 g/mol. The first kappa shape index (κ1) is 28.7. The molecule has 216 valence electrons. The van der Waals surface area contributed by atoms with E-state index in [1.807, 2.05) is 24.3 Å². The number of hydrogen-bond donors (Lipinski definition) is 0. The molecule has 4 aromatic rings. The van der Waals surface area contributed by atoms with Gasteiger partial charge >= 0.3 is 5.97 Å². The highest BCUT2D eigenvalue weighted by Gasteiger charge is 2.33. The zero-order chi connectivity index (χ0) is 30.1. The van der Waals surface area contributed by atoms with E-state index in [0.717, 1.165) is 11.1 Å². The molecular weight excluding hydrogens is 558 g/mol. The van der Waals surface area contributed by atoms with Crippen LogP contribution in [0.1, 0.15) is 56.5 Å². The van der Waals surface area contributed by atoms with Gasteiger partial charge in [0.2, 0.25) is 0 Å². The summed E-state index contributed by atoms with van der Waals surface area (Å²) in [6, 6.07) is 14.8. The number of furan rings is 1. The van der Waals surface area contributed by atoms with E-state index in [2.05, 4.69) is 18.8 Å². The fourth-order valence-electron chi connectivity index (χ4n) is 4.87. The van der Waals surface area contributed by atoms with Gasteiger partial charge in [-0.1, -0.05) is 49.4 Å². The predicted octanol–water partition coefficient (Wildman–Crippen LogP) is 5.10. The molecule has 0 saturated carbocycles. The summed E-state index contributed by atoms with van der Waals surface area (Å²) >= 11 is 1.19. The highest BCUT2D eigenvalue weighted by Crippen LogP contribution is 2.35. The minimum atomic E-state index is -0.708. The Kier molecular flexibility index (Phi) is 7.95. The van der Waals surface area contributed by atoms with Crippen LogP contribution < -0.4 is 19.6 Å². The van der Waals surface area contributed by atoms with Crippen molar-refractivity contribution in [2.24, 2.45) is 4.99 Å². The molecule has 0 N–H and O–H groups in total. The molecule has 0 spiro atoms. The number of ether oxygens (including phenoxy) is 2. The van der Waals surface area contributed by atoms with Gasteiger partial charge in [-0.3, -0.25) is 19.5 Å². The molecule has 5 rings (SSSR count). The number of fused-ring (bicyclic) bond motifs is 1. The van der Waals surface area contributed by atoms with Crippen LogP contribution in [-0.4, -0.2) is 29.2 Å². The molecule has 11 heteroatoms. The molecular formula is C31H29N3O7S. The van der Waals surface area contributed by atoms with Crippen LogP contribution in [0.3, 0.4) is 0 Å². The number of esters is 1. The number of hydrogen-bond acceptors (Lipinski definition) is 9. The maximum absolute atomic E-state index is 13.9. The van der Waals surface area contributed by atoms with Crippen molar-refractivity contribution in [2.45, 2.75) is 39.7 Å². The number of methoxy groups -OCH3 is 1. The Hall–Kier alpha value is -4.77. The smallest absolute Gasteiger partial charge is 0.338 e. The van der Waals surface area contributed by atoms with E-state index in [0.29, 0.717) is 43.6 Å². The van der Waals surface area contributed by atoms with E-state index < -0.39 is 16.9 Å². The molecule has 10 nitrogen and oxygen atoms in total. The van der Waals surface area contributed by atoms with Crippen molar-refractivity contribution in [3.05, 3.63) is 113 Å². The molecule has 1 aliphatic heterocycles. The third kappa shape index (κ3) is 5.30. The van der Waals surface area contributed by atoms with Crippen molar-refractivity contribution in [1.82, 2.24) is 4.57 Å². The lowest BCUT2D eigenvalue weighted by Crippen LogP contribution is -2.39. The maximum Gasteiger partial charge on any atom is 0.338 e. The number of nitrogens with zero attached hydrogens (tertiary/aromatic N) is 3. The summed E-state index contributed by atoms with van der Waals surface area (Å²) in [5.74, 6) is 0.916. The SMILES string of the molecule is CCOC(=O)C1=C(C)N=c2s/c(=C\c3ccc(-c4ccc([N+](=O)[O-])cc4OC)o3)c(=O)n2C1c1ccc(C(C)C)cc1. The molecule has 0 amide bonds. The number of aromatic nitrogens is 1. The van der Waals surface area contributed by atoms with Gasteiger partial charge < -0.3 is 13.9 Å². The summed E-state index contributed by atoms with van der Waals surface area (Å²) < 4.78 is 18.6. The largest absolute Gasteiger partial charge is 0.496 e. The van der Waals surface area contributed by atoms with Crippen LogP contribution in [0.5, 0.6) is 5.75 Å². The number of non-ortho nitro benzene ring substituents is 1. The van der Waals surface area contributed by atoms with Crippen LogP contribution in [0.25, 0.3) is 17.4 Å². The lowest BCUT2D eigenvalue weighted by atomic mass is 9.93. The van der Waals surface area contributed by atoms with Crippen LogP contribution >= 0.6 is 11.3 Å². The average Bonchev–Trinajstić information content (AvgIpc) is 3.56. The number of nitro groups is 1. The quantitative estimate of drug-likeness (QED) is 0.160. The third-order valence-corrected chi connectivity index (χ3v) is 7.98. The van der Waals surface area contributed by atoms with Crippen LogP contribution in [0.15, 0.2) is 80.1 Å². The molecule has 42 heavy (non-hydrogen) atoms. The number of benzene rings is 2. The lowest BCUT2D eigenvalue weighted by Gasteiger charge is -2.25. The Morgan fingerprint density at radius 2 is 1.93 bits per heavy atom. The van der Waals surface area contributed by atoms with Crippen LogP contribution in [0.4, 0.5) is 5.69 Å². The predicted molar refractivity (Wildman–Crippen MR) is 158 cm³/mol. The van der Waals surface area contributed by atoms with Gasteiger partial charge in [-0.05, 0) is 49.1 Å². The van der Waals surface area contributed by atoms with Gasteiger partial charge in [-0.15, -0.1) is 0 Å². The molecule has 3 heterocycles. The standard InChI is InChI=1S/C31H29N3O7S/c1-6-40-30(36)27-18(4)32-31-33(28(27)20-9-7-19(8-10-20)17(2)3)29(35)26(42-31)16-22-12-14-24(41-22)23-13-11-21(34(37)38)15-25(23)39-5/h7-17,28H,6H2,1-5H3/b26-16-. The highest BCUT2D eigenvalue weighted by molar-refractivity contribution is 7.07. The van der Waals surface area contributed by atoms with Crippen molar-refractivity contribution >= 4 is 29.1 Å². The van der Waals surface area contributed by atoms with E-state index in [9.17, 15) is 19.7 Å². The summed E-state index contributed by atoms with van der Waals surface area (Å²) in [5, 5.41) is 11.2. The Morgan fingerprint density at radius 3 is 2.57 bits per heavy atom. The first-order valence-electron chi connectivity index (χ1n) is 13.3. The molecule has 1 unspecified atom stereocenters. The van der Waals surface area contributed by atoms with Crippen molar-refractivity contribution in [2.75, 3.05) is 13.7 Å². The second-order valence-corrected chi connectivity index (χ2v) is 11.0. The van der Waals surface area contributed by atoms with Gasteiger partial charge in [0.1, 0.15) is 17.3 Å². The first-order valence-corrected chi connectivity index (χ1v) is 14.2. The van der Waals surface area contributed by atoms with E-state index in [-0.39, 0.29) is 23.6 Å². The van der Waals surface area contributed by atoms with Crippen LogP contribution in [0.2, 0.25) is 0 Å². The minimum absolute atomic E-state index is 0.102. The average molecular weight is 588 g/mol. The molecule has 2 aromatic heterocycles. The van der Waals surface area contributed by atoms with Gasteiger partial charge in [0.05, 0.1) is 52.1 Å². The fourth-order valence-corrected chi connectivity index (χ4v) is 5.90. The van der Waals surface area contributed by atoms with Crippen LogP contribution in [-0.2, 0) is 9.53 Å². The number of carbonyl (C=O) groups excluding carboxylic acids is 1. The van der Waals surface area contributed by atoms with Crippen molar-refractivity contribution in [1.29, 1.82) is 0 Å². The summed E-state index contributed by atoms with van der Waals surface area (Å²) in [6.07, 6.45) is 1.62. The summed E-state index contributed by atoms with van der Waals surface area (Å²) in [4.78, 5) is 42.7. The van der Waals surface area contributed by atoms with Gasteiger partial charge in [-0.25, -0.2) is 9.79 Å². The van der Waals surface area contributed by atoms with Crippen molar-refractivity contribution < 1.29 is 23.6 Å². The molecule has 0 bridgehead atoms. The summed E-state index contributed by atoms with van der Waals surface area (Å²) in [5.41, 5.74) is 2.83. The Morgan fingerprint density at radius 1 is 1.19 bits per heavy atom. The Bertz CT molecular complexity index is 1900. The summed E-state index contributed by atoms with van der Waals surface area (Å²) in [7, 11) is 1.42. The van der Waals surface area contributed by atoms with E-state index in [4.69, 9.17) is 13.9 Å². The molecule has 0 aliphatic carbocycles. The van der Waals surface area contributed by atoms with Crippen LogP contribution in [0, 0.1) is 10.1 Å². The molecule has 0 radical (unpaired) electrons. The van der Waals surface area contributed by atoms with Gasteiger partial charge in [0.25, 0.3) is 11.2 Å². The number of nitro benzene ring substituents is 1. The third-order valence-electron chi connectivity index (χ3n) is 7.00. The van der Waals surface area contributed by atoms with Crippen molar-refractivity contribution in [3.8, 4) is 17.1 Å². The number of carbonyl (C=O) groups is 1. The second-order valence-electron chi connectivity index (χ2n) is 9.97. The topological polar surface area (TPSA) is 126 Å². The Labute approximate surface area is 245 Å². The normalized spacial score (nSPS) is 15.0. The number of allylic oxidation sites excluding steroid dienone is 1. The minimum Gasteiger partial charge on any atom is -0.496 e. The van der Waals surface area contributed by atoms with Gasteiger partial charge in [0.15, 0.2) is 4.80 Å². The molecule has 0 fully saturated rings. The zero-order valence-electron chi connectivity index (χ0n) is 23.7. The van der Waals surface area contributed by atoms with Crippen molar-refractivity contribution in [3.63, 3.8) is 0 Å². The first-order chi connectivity index (χ1) is 20.1. The molecule has 1 aliphatic rings. The second kappa shape index (κ2) is 11.6. The summed E-state index contributed by atoms with van der Waals surface area (Å²) in [6.45, 7) is 7.88. The Balaban J connectivity index is 1.61. The highest BCUT2D eigenvalue weighted by atomic mass is 32.1. The van der Waals surface area contributed by atoms with E-state index >= 15 is 0 Å². The number of thiazole rings is 1. The zero-order valence-corrected chi connectivity index (χ0v) is 24.6.